The topological polar surface area (TPSA) is 103 Å². The van der Waals surface area contributed by atoms with Crippen LogP contribution in [0.3, 0.4) is 0 Å². The smallest absolute Gasteiger partial charge is 0.395 e. The number of hydrogen-bond acceptors (Lipinski definition) is 5. The largest absolute Gasteiger partial charge is 0.430 e. The second kappa shape index (κ2) is 11.9. The normalized spacial score (nSPS) is 14.9. The molecule has 0 saturated heterocycles. The van der Waals surface area contributed by atoms with Crippen molar-refractivity contribution in [3.05, 3.63) is 107 Å². The Balaban J connectivity index is 1.65. The lowest BCUT2D eigenvalue weighted by Crippen LogP contribution is -2.27. The van der Waals surface area contributed by atoms with Gasteiger partial charge in [-0.3, -0.25) is 4.79 Å². The van der Waals surface area contributed by atoms with E-state index >= 15 is 0 Å². The summed E-state index contributed by atoms with van der Waals surface area (Å²) in [6, 6.07) is 20.1. The second-order valence-electron chi connectivity index (χ2n) is 9.14. The molecule has 1 unspecified atom stereocenters. The number of nitriles is 1. The van der Waals surface area contributed by atoms with E-state index in [1.54, 1.807) is 42.5 Å². The van der Waals surface area contributed by atoms with Gasteiger partial charge in [0, 0.05) is 11.3 Å². The van der Waals surface area contributed by atoms with Crippen LogP contribution in [0.5, 0.6) is 0 Å². The summed E-state index contributed by atoms with van der Waals surface area (Å²) in [5.41, 5.74) is 4.73. The minimum absolute atomic E-state index is 0.100. The highest BCUT2D eigenvalue weighted by Gasteiger charge is 2.32. The van der Waals surface area contributed by atoms with Gasteiger partial charge in [0.25, 0.3) is 5.91 Å². The summed E-state index contributed by atoms with van der Waals surface area (Å²) in [5.74, 6) is -0.816. The summed E-state index contributed by atoms with van der Waals surface area (Å²) in [6.07, 6.45) is -2.24. The monoisotopic (exact) mass is 535 g/mol. The first-order valence-electron chi connectivity index (χ1n) is 12.2. The maximum absolute atomic E-state index is 14.7. The fraction of sp³-hybridized carbons (Fsp3) is 0.207. The summed E-state index contributed by atoms with van der Waals surface area (Å²) >= 11 is 0. The Morgan fingerprint density at radius 2 is 1.85 bits per heavy atom. The van der Waals surface area contributed by atoms with Crippen LogP contribution in [0.25, 0.3) is 0 Å². The van der Waals surface area contributed by atoms with Crippen LogP contribution in [0, 0.1) is 23.1 Å². The molecule has 0 bridgehead atoms. The Labute approximate surface area is 222 Å². The number of amides is 1. The van der Waals surface area contributed by atoms with Gasteiger partial charge in [-0.25, -0.2) is 9.38 Å². The molecule has 1 saturated carbocycles. The fourth-order valence-corrected chi connectivity index (χ4v) is 3.88. The average Bonchev–Trinajstić information content (AvgIpc) is 3.74. The van der Waals surface area contributed by atoms with Crippen LogP contribution in [-0.4, -0.2) is 24.3 Å². The Morgan fingerprint density at radius 3 is 2.54 bits per heavy atom. The number of rotatable bonds is 9. The van der Waals surface area contributed by atoms with Crippen molar-refractivity contribution in [1.82, 2.24) is 5.32 Å². The molecule has 200 valence electrons. The lowest BCUT2D eigenvalue weighted by Gasteiger charge is -2.21. The van der Waals surface area contributed by atoms with E-state index in [1.807, 2.05) is 6.07 Å². The van der Waals surface area contributed by atoms with Crippen molar-refractivity contribution in [2.75, 3.05) is 11.9 Å². The lowest BCUT2D eigenvalue weighted by molar-refractivity contribution is -0.110. The van der Waals surface area contributed by atoms with Crippen LogP contribution in [0.15, 0.2) is 89.6 Å². The van der Waals surface area contributed by atoms with Crippen LogP contribution < -0.4 is 16.4 Å². The molecule has 3 aromatic carbocycles. The number of nitrogens with one attached hydrogen (secondary N) is 2. The molecule has 6 nitrogen and oxygen atoms in total. The molecular weight excluding hydrogens is 510 g/mol. The first-order chi connectivity index (χ1) is 18.6. The summed E-state index contributed by atoms with van der Waals surface area (Å²) in [7, 11) is 0. The van der Waals surface area contributed by atoms with E-state index < -0.39 is 29.5 Å². The second-order valence-corrected chi connectivity index (χ2v) is 9.14. The van der Waals surface area contributed by atoms with Crippen LogP contribution in [0.2, 0.25) is 0 Å². The molecule has 10 heteroatoms. The predicted octanol–water partition coefficient (Wildman–Crippen LogP) is 5.90. The van der Waals surface area contributed by atoms with E-state index in [9.17, 15) is 22.4 Å². The number of benzene rings is 3. The zero-order valence-corrected chi connectivity index (χ0v) is 20.7. The number of allylic oxidation sites excluding steroid dienone is 1. The van der Waals surface area contributed by atoms with Crippen molar-refractivity contribution in [1.29, 1.82) is 5.26 Å². The number of alkyl halides is 3. The number of anilines is 1. The predicted molar refractivity (Wildman–Crippen MR) is 141 cm³/mol. The SMILES string of the molecule is N#Cc1cccc(N=C(/C=C(\N)C(F)(F)F)C(=O)Nc2cccc(C(NCC3CC3)c3ccccc3F)c2)c1. The minimum Gasteiger partial charge on any atom is -0.395 e. The summed E-state index contributed by atoms with van der Waals surface area (Å²) < 4.78 is 54.2. The quantitative estimate of drug-likeness (QED) is 0.234. The Hall–Kier alpha value is -4.49. The lowest BCUT2D eigenvalue weighted by atomic mass is 9.97. The molecule has 1 atom stereocenters. The Bertz CT molecular complexity index is 1450. The van der Waals surface area contributed by atoms with Crippen LogP contribution in [-0.2, 0) is 4.79 Å². The fourth-order valence-electron chi connectivity index (χ4n) is 3.88. The van der Waals surface area contributed by atoms with Crippen molar-refractivity contribution in [3.63, 3.8) is 0 Å². The molecule has 3 aromatic rings. The maximum atomic E-state index is 14.7. The molecule has 4 N–H and O–H groups in total. The molecule has 39 heavy (non-hydrogen) atoms. The number of carbonyl (C=O) groups excluding carboxylic acids is 1. The number of hydrogen-bond donors (Lipinski definition) is 3. The third-order valence-corrected chi connectivity index (χ3v) is 6.08. The molecular formula is C29H25F4N5O. The molecule has 0 heterocycles. The van der Waals surface area contributed by atoms with Crippen LogP contribution in [0.1, 0.15) is 35.6 Å². The molecule has 1 amide bonds. The maximum Gasteiger partial charge on any atom is 0.430 e. The highest BCUT2D eigenvalue weighted by Crippen LogP contribution is 2.31. The highest BCUT2D eigenvalue weighted by molar-refractivity contribution is 6.47. The van der Waals surface area contributed by atoms with E-state index in [-0.39, 0.29) is 22.8 Å². The van der Waals surface area contributed by atoms with E-state index in [0.717, 1.165) is 12.8 Å². The van der Waals surface area contributed by atoms with Gasteiger partial charge in [-0.15, -0.1) is 0 Å². The zero-order valence-electron chi connectivity index (χ0n) is 20.7. The number of nitrogens with two attached hydrogens (primary N) is 1. The molecule has 4 rings (SSSR count). The molecule has 1 aliphatic carbocycles. The molecule has 0 radical (unpaired) electrons. The summed E-state index contributed by atoms with van der Waals surface area (Å²) in [6.45, 7) is 0.690. The summed E-state index contributed by atoms with van der Waals surface area (Å²) in [5, 5.41) is 15.1. The standard InChI is InChI=1S/C29H25F4N5O/c30-24-10-2-1-9-23(24)27(36-17-18-11-12-18)20-6-4-8-22(14-20)38-28(39)25(15-26(35)29(31,32)33)37-21-7-3-5-19(13-21)16-34/h1-10,13-15,18,27,36H,11-12,17,35H2,(H,38,39)/b26-15-,37-25?. The van der Waals surface area contributed by atoms with Crippen molar-refractivity contribution in [3.8, 4) is 6.07 Å². The zero-order chi connectivity index (χ0) is 28.0. The Kier molecular flexibility index (Phi) is 8.42. The van der Waals surface area contributed by atoms with Gasteiger partial charge in [0.1, 0.15) is 17.2 Å². The van der Waals surface area contributed by atoms with Crippen molar-refractivity contribution in [2.24, 2.45) is 16.6 Å². The first kappa shape index (κ1) is 27.5. The van der Waals surface area contributed by atoms with Crippen molar-refractivity contribution >= 4 is 23.0 Å². The van der Waals surface area contributed by atoms with Crippen molar-refractivity contribution < 1.29 is 22.4 Å². The van der Waals surface area contributed by atoms with Crippen LogP contribution >= 0.6 is 0 Å². The number of aliphatic imine (C=N–C) groups is 1. The van der Waals surface area contributed by atoms with E-state index in [2.05, 4.69) is 15.6 Å². The van der Waals surface area contributed by atoms with Gasteiger partial charge in [0.15, 0.2) is 0 Å². The van der Waals surface area contributed by atoms with Crippen molar-refractivity contribution in [2.45, 2.75) is 25.1 Å². The first-order valence-corrected chi connectivity index (χ1v) is 12.2. The van der Waals surface area contributed by atoms with Crippen LogP contribution in [0.4, 0.5) is 28.9 Å². The third-order valence-electron chi connectivity index (χ3n) is 6.08. The molecule has 1 fully saturated rings. The minimum atomic E-state index is -4.88. The van der Waals surface area contributed by atoms with Gasteiger partial charge in [-0.1, -0.05) is 36.4 Å². The van der Waals surface area contributed by atoms with E-state index in [1.165, 1.54) is 30.3 Å². The molecule has 0 aromatic heterocycles. The van der Waals surface area contributed by atoms with Gasteiger partial charge in [0.2, 0.25) is 0 Å². The van der Waals surface area contributed by atoms with Gasteiger partial charge < -0.3 is 16.4 Å². The summed E-state index contributed by atoms with van der Waals surface area (Å²) in [4.78, 5) is 17.1. The van der Waals surface area contributed by atoms with Gasteiger partial charge in [-0.05, 0) is 73.3 Å². The molecule has 0 aliphatic heterocycles. The van der Waals surface area contributed by atoms with E-state index in [4.69, 9.17) is 11.0 Å². The van der Waals surface area contributed by atoms with Gasteiger partial charge in [0.05, 0.1) is 23.4 Å². The van der Waals surface area contributed by atoms with Gasteiger partial charge in [-0.2, -0.15) is 18.4 Å². The number of nitrogens with zero attached hydrogens (tertiary/aromatic N) is 2. The highest BCUT2D eigenvalue weighted by atomic mass is 19.4. The number of carbonyl (C=O) groups is 1. The average molecular weight is 536 g/mol. The van der Waals surface area contributed by atoms with E-state index in [0.29, 0.717) is 29.7 Å². The molecule has 1 aliphatic rings. The Morgan fingerprint density at radius 1 is 1.10 bits per heavy atom. The number of halogens is 4. The van der Waals surface area contributed by atoms with Gasteiger partial charge >= 0.3 is 6.18 Å². The third kappa shape index (κ3) is 7.52. The molecule has 0 spiro atoms.